The van der Waals surface area contributed by atoms with Crippen LogP contribution in [0.5, 0.6) is 0 Å². The van der Waals surface area contributed by atoms with E-state index in [0.29, 0.717) is 0 Å². The van der Waals surface area contributed by atoms with Crippen LogP contribution in [0.25, 0.3) is 0 Å². The number of phosphoric acid groups is 2. The van der Waals surface area contributed by atoms with Crippen LogP contribution in [0.15, 0.2) is 0 Å². The van der Waals surface area contributed by atoms with Crippen molar-refractivity contribution in [3.63, 3.8) is 0 Å². The van der Waals surface area contributed by atoms with E-state index in [1.54, 1.807) is 0 Å². The fourth-order valence-electron chi connectivity index (χ4n) is 0. The van der Waals surface area contributed by atoms with Gasteiger partial charge in [0.2, 0.25) is 0 Å². The Kier molecular flexibility index (Phi) is 41.1. The van der Waals surface area contributed by atoms with Gasteiger partial charge in [-0.05, 0) is 0 Å². The summed E-state index contributed by atoms with van der Waals surface area (Å²) in [6.07, 6.45) is 0. The second-order valence-electron chi connectivity index (χ2n) is 0.894. The van der Waals surface area contributed by atoms with E-state index in [4.69, 9.17) is 49.5 Å². The van der Waals surface area contributed by atoms with Crippen LogP contribution >= 0.6 is 15.6 Å². The molecule has 0 saturated carbocycles. The third-order valence-corrected chi connectivity index (χ3v) is 0. The van der Waals surface area contributed by atoms with Crippen LogP contribution in [0, 0.1) is 0 Å². The van der Waals surface area contributed by atoms with Crippen LogP contribution in [0.2, 0.25) is 0 Å². The molecular formula is O11P2V3. The molecule has 0 amide bonds. The Hall–Kier alpha value is 1.37. The van der Waals surface area contributed by atoms with Crippen LogP contribution in [-0.4, -0.2) is 0 Å². The summed E-state index contributed by atoms with van der Waals surface area (Å²) in [5.41, 5.74) is 0. The average molecular weight is 391 g/mol. The van der Waals surface area contributed by atoms with Gasteiger partial charge in [-0.1, -0.05) is 0 Å². The molecule has 11 nitrogen and oxygen atoms in total. The van der Waals surface area contributed by atoms with Crippen LogP contribution in [0.1, 0.15) is 0 Å². The Balaban J connectivity index is -0.0000000345. The Morgan fingerprint density at radius 1 is 0.500 bits per heavy atom. The van der Waals surface area contributed by atoms with Crippen molar-refractivity contribution < 1.29 is 102 Å². The van der Waals surface area contributed by atoms with Crippen molar-refractivity contribution in [2.45, 2.75) is 0 Å². The Morgan fingerprint density at radius 2 is 0.500 bits per heavy atom. The first-order chi connectivity index (χ1) is 7.00. The summed E-state index contributed by atoms with van der Waals surface area (Å²) in [6, 6.07) is 0. The van der Waals surface area contributed by atoms with E-state index >= 15 is 0 Å². The maximum atomic E-state index is 8.55. The van der Waals surface area contributed by atoms with E-state index in [-0.39, 0.29) is 0 Å². The van der Waals surface area contributed by atoms with Crippen molar-refractivity contribution in [3.8, 4) is 0 Å². The Labute approximate surface area is 117 Å². The summed E-state index contributed by atoms with van der Waals surface area (Å²) in [5, 5.41) is 0. The second kappa shape index (κ2) is 21.6. The summed E-state index contributed by atoms with van der Waals surface area (Å²) in [5.74, 6) is 0. The quantitative estimate of drug-likeness (QED) is 0.353. The Bertz CT molecular complexity index is 162. The molecule has 0 aromatic rings. The summed E-state index contributed by atoms with van der Waals surface area (Å²) >= 11 is 3.19. The molecule has 0 unspecified atom stereocenters. The van der Waals surface area contributed by atoms with Crippen molar-refractivity contribution >= 4 is 15.6 Å². The summed E-state index contributed by atoms with van der Waals surface area (Å²) in [7, 11) is -10.8. The molecule has 0 saturated heterocycles. The molecule has 0 fully saturated rings. The first kappa shape index (κ1) is 30.4. The summed E-state index contributed by atoms with van der Waals surface area (Å²) in [6.45, 7) is 0. The number of hydrogen-bond donors (Lipinski definition) is 0. The van der Waals surface area contributed by atoms with Crippen molar-refractivity contribution in [3.05, 3.63) is 0 Å². The predicted octanol–water partition coefficient (Wildman–Crippen LogP) is -6.01. The number of hydrogen-bond acceptors (Lipinski definition) is 11. The zero-order valence-corrected chi connectivity index (χ0v) is 12.7. The van der Waals surface area contributed by atoms with Gasteiger partial charge in [-0.2, -0.15) is 15.6 Å². The minimum absolute atomic E-state index is 1.06. The van der Waals surface area contributed by atoms with E-state index in [0.717, 1.165) is 52.1 Å². The Morgan fingerprint density at radius 3 is 0.500 bits per heavy atom. The van der Waals surface area contributed by atoms with E-state index in [1.807, 2.05) is 0 Å². The topological polar surface area (TPSA) is 224 Å². The fourth-order valence-corrected chi connectivity index (χ4v) is 0. The van der Waals surface area contributed by atoms with E-state index in [1.165, 1.54) is 0 Å². The molecule has 0 aliphatic rings. The molecule has 0 rings (SSSR count). The SMILES string of the molecule is O=P([O-])([O-])[O-].O=P([O-])([O-])[O-].[O]=[V+2].[O]=[V+2].[O]=[V+2]. The molecule has 0 aliphatic heterocycles. The van der Waals surface area contributed by atoms with E-state index in [9.17, 15) is 0 Å². The summed E-state index contributed by atoms with van der Waals surface area (Å²) in [4.78, 5) is 51.3. The standard InChI is InChI=1S/2H3O4P.3O.3V/c2*1-5(2,3)4;;;;;;/h2*(H3,1,2,3,4);;;;;;/q;;;;;3*+2/p-6. The van der Waals surface area contributed by atoms with E-state index < -0.39 is 15.6 Å². The van der Waals surface area contributed by atoms with Gasteiger partial charge >= 0.3 is 63.1 Å². The van der Waals surface area contributed by atoms with Crippen molar-refractivity contribution in [1.82, 2.24) is 0 Å². The number of rotatable bonds is 0. The van der Waals surface area contributed by atoms with Crippen LogP contribution in [0.3, 0.4) is 0 Å². The molecule has 0 aromatic carbocycles. The zero-order chi connectivity index (χ0) is 15.0. The molecule has 0 atom stereocenters. The summed E-state index contributed by atoms with van der Waals surface area (Å²) < 4.78 is 41.7. The van der Waals surface area contributed by atoms with Gasteiger partial charge in [0.15, 0.2) is 0 Å². The van der Waals surface area contributed by atoms with Gasteiger partial charge in [0.1, 0.15) is 0 Å². The van der Waals surface area contributed by atoms with Crippen molar-refractivity contribution in [2.24, 2.45) is 0 Å². The molecule has 0 aliphatic carbocycles. The van der Waals surface area contributed by atoms with Gasteiger partial charge in [-0.25, -0.2) is 0 Å². The monoisotopic (exact) mass is 391 g/mol. The normalized spacial score (nSPS) is 8.50. The van der Waals surface area contributed by atoms with Crippen molar-refractivity contribution in [2.75, 3.05) is 0 Å². The molecule has 0 spiro atoms. The third kappa shape index (κ3) is 1680. The maximum absolute atomic E-state index is 8.55. The first-order valence-corrected chi connectivity index (χ1v) is 6.64. The van der Waals surface area contributed by atoms with Crippen molar-refractivity contribution in [1.29, 1.82) is 0 Å². The molecule has 0 radical (unpaired) electrons. The van der Waals surface area contributed by atoms with Gasteiger partial charge in [0.25, 0.3) is 0 Å². The van der Waals surface area contributed by atoms with Gasteiger partial charge < -0.3 is 38.5 Å². The predicted molar refractivity (Wildman–Crippen MR) is 17.3 cm³/mol. The van der Waals surface area contributed by atoms with Crippen LogP contribution in [0.4, 0.5) is 0 Å². The molecule has 0 heterocycles. The molecular weight excluding hydrogens is 391 g/mol. The third-order valence-electron chi connectivity index (χ3n) is 0. The molecule has 0 N–H and O–H groups in total. The van der Waals surface area contributed by atoms with Gasteiger partial charge in [-0.3, -0.25) is 0 Å². The molecule has 0 bridgehead atoms. The van der Waals surface area contributed by atoms with Gasteiger partial charge in [0.05, 0.1) is 0 Å². The fraction of sp³-hybridized carbons (Fsp3) is 0. The second-order valence-corrected chi connectivity index (χ2v) is 2.68. The van der Waals surface area contributed by atoms with Crippen LogP contribution < -0.4 is 29.4 Å². The average Bonchev–Trinajstić information content (AvgIpc) is 2.08. The molecule has 16 heavy (non-hydrogen) atoms. The molecule has 0 aromatic heterocycles. The van der Waals surface area contributed by atoms with Crippen LogP contribution in [-0.2, 0) is 72.3 Å². The van der Waals surface area contributed by atoms with Gasteiger partial charge in [0, 0.05) is 0 Å². The van der Waals surface area contributed by atoms with Gasteiger partial charge in [-0.15, -0.1) is 0 Å². The molecule has 91 valence electrons. The zero-order valence-electron chi connectivity index (χ0n) is 6.73. The minimum atomic E-state index is -5.39. The molecule has 16 heteroatoms. The first-order valence-electron chi connectivity index (χ1n) is 2.01. The van der Waals surface area contributed by atoms with E-state index in [2.05, 4.69) is 0 Å².